The third kappa shape index (κ3) is 3.74. The number of halogens is 3. The van der Waals surface area contributed by atoms with Gasteiger partial charge in [0, 0.05) is 17.5 Å². The van der Waals surface area contributed by atoms with E-state index in [1.807, 2.05) is 0 Å². The van der Waals surface area contributed by atoms with Gasteiger partial charge in [0.2, 0.25) is 0 Å². The van der Waals surface area contributed by atoms with Crippen LogP contribution in [0.1, 0.15) is 30.4 Å². The number of hydrogen-bond acceptors (Lipinski definition) is 3. The van der Waals surface area contributed by atoms with Crippen LogP contribution in [0, 0.1) is 6.57 Å². The SMILES string of the molecule is [C-]#[N+]c1ccc(N2C(=O)C3(CCC3)N(c3ccc(/C=C/C(=O)O)cc3)C2=S)cc1C(F)(F)F. The van der Waals surface area contributed by atoms with Crippen LogP contribution in [-0.2, 0) is 15.8 Å². The minimum atomic E-state index is -4.76. The quantitative estimate of drug-likeness (QED) is 0.367. The van der Waals surface area contributed by atoms with Gasteiger partial charge in [-0.15, -0.1) is 0 Å². The third-order valence-corrected chi connectivity index (χ3v) is 6.19. The second-order valence-corrected chi connectivity index (χ2v) is 8.08. The first kappa shape index (κ1) is 22.5. The van der Waals surface area contributed by atoms with Gasteiger partial charge in [-0.25, -0.2) is 9.64 Å². The fraction of sp³-hybridized carbons (Fsp3) is 0.217. The van der Waals surface area contributed by atoms with E-state index in [0.717, 1.165) is 29.5 Å². The number of benzene rings is 2. The average molecular weight is 471 g/mol. The molecule has 168 valence electrons. The molecule has 4 rings (SSSR count). The summed E-state index contributed by atoms with van der Waals surface area (Å²) in [7, 11) is 0. The molecule has 1 N–H and O–H groups in total. The number of carboxylic acid groups (broad SMARTS) is 1. The van der Waals surface area contributed by atoms with Gasteiger partial charge in [-0.05, 0) is 67.4 Å². The normalized spacial score (nSPS) is 17.5. The standard InChI is InChI=1S/C23H16F3N3O3S/c1-27-18-9-8-16(13-17(18)23(24,25)26)28-20(32)22(11-2-12-22)29(21(28)33)15-6-3-14(4-7-15)5-10-19(30)31/h3-10,13H,2,11-12H2,(H,30,31)/b10-5+. The lowest BCUT2D eigenvalue weighted by Gasteiger charge is -2.43. The largest absolute Gasteiger partial charge is 0.478 e. The summed E-state index contributed by atoms with van der Waals surface area (Å²) < 4.78 is 40.5. The molecule has 33 heavy (non-hydrogen) atoms. The van der Waals surface area contributed by atoms with Gasteiger partial charge in [0.05, 0.1) is 12.1 Å². The average Bonchev–Trinajstić information content (AvgIpc) is 2.98. The highest BCUT2D eigenvalue weighted by Crippen LogP contribution is 2.48. The van der Waals surface area contributed by atoms with Gasteiger partial charge in [-0.3, -0.25) is 9.69 Å². The van der Waals surface area contributed by atoms with Crippen molar-refractivity contribution in [3.8, 4) is 0 Å². The van der Waals surface area contributed by atoms with Crippen molar-refractivity contribution >= 4 is 52.3 Å². The Morgan fingerprint density at radius 1 is 1.15 bits per heavy atom. The summed E-state index contributed by atoms with van der Waals surface area (Å²) in [5.41, 5.74) is -1.49. The molecule has 0 bridgehead atoms. The van der Waals surface area contributed by atoms with Crippen LogP contribution in [0.2, 0.25) is 0 Å². The summed E-state index contributed by atoms with van der Waals surface area (Å²) in [6, 6.07) is 9.84. The molecular formula is C23H16F3N3O3S. The molecule has 1 heterocycles. The molecule has 0 aromatic heterocycles. The lowest BCUT2D eigenvalue weighted by atomic mass is 9.75. The van der Waals surface area contributed by atoms with Crippen molar-refractivity contribution in [1.82, 2.24) is 0 Å². The molecule has 6 nitrogen and oxygen atoms in total. The van der Waals surface area contributed by atoms with E-state index < -0.39 is 34.8 Å². The van der Waals surface area contributed by atoms with Crippen LogP contribution < -0.4 is 9.80 Å². The van der Waals surface area contributed by atoms with Crippen LogP contribution >= 0.6 is 12.2 Å². The molecular weight excluding hydrogens is 455 g/mol. The van der Waals surface area contributed by atoms with Gasteiger partial charge in [0.15, 0.2) is 10.8 Å². The predicted molar refractivity (Wildman–Crippen MR) is 120 cm³/mol. The van der Waals surface area contributed by atoms with Crippen LogP contribution in [0.3, 0.4) is 0 Å². The zero-order chi connectivity index (χ0) is 24.0. The van der Waals surface area contributed by atoms with E-state index in [2.05, 4.69) is 4.85 Å². The number of amides is 1. The first-order valence-electron chi connectivity index (χ1n) is 9.87. The van der Waals surface area contributed by atoms with Crippen LogP contribution in [0.4, 0.5) is 30.2 Å². The van der Waals surface area contributed by atoms with Gasteiger partial charge >= 0.3 is 12.1 Å². The maximum atomic E-state index is 13.5. The van der Waals surface area contributed by atoms with Crippen LogP contribution in [0.5, 0.6) is 0 Å². The number of rotatable bonds is 4. The van der Waals surface area contributed by atoms with Crippen molar-refractivity contribution in [2.45, 2.75) is 31.0 Å². The highest BCUT2D eigenvalue weighted by molar-refractivity contribution is 7.81. The van der Waals surface area contributed by atoms with Gasteiger partial charge in [-0.1, -0.05) is 18.2 Å². The highest BCUT2D eigenvalue weighted by Gasteiger charge is 2.59. The zero-order valence-corrected chi connectivity index (χ0v) is 17.8. The Morgan fingerprint density at radius 3 is 2.30 bits per heavy atom. The molecule has 1 amide bonds. The molecule has 2 fully saturated rings. The molecule has 1 aliphatic carbocycles. The summed E-state index contributed by atoms with van der Waals surface area (Å²) in [6.45, 7) is 7.01. The Morgan fingerprint density at radius 2 is 1.79 bits per heavy atom. The van der Waals surface area contributed by atoms with Crippen LogP contribution in [-0.4, -0.2) is 27.6 Å². The van der Waals surface area contributed by atoms with Crippen molar-refractivity contribution in [2.75, 3.05) is 9.80 Å². The van der Waals surface area contributed by atoms with Crippen molar-refractivity contribution in [2.24, 2.45) is 0 Å². The minimum Gasteiger partial charge on any atom is -0.478 e. The van der Waals surface area contributed by atoms with E-state index in [-0.39, 0.29) is 10.8 Å². The molecule has 1 spiro atoms. The zero-order valence-electron chi connectivity index (χ0n) is 17.0. The Labute approximate surface area is 192 Å². The summed E-state index contributed by atoms with van der Waals surface area (Å²) in [6.07, 6.45) is -0.581. The summed E-state index contributed by atoms with van der Waals surface area (Å²) >= 11 is 5.57. The van der Waals surface area contributed by atoms with Gasteiger partial charge < -0.3 is 10.0 Å². The molecule has 2 aliphatic rings. The van der Waals surface area contributed by atoms with E-state index in [4.69, 9.17) is 23.9 Å². The Kier molecular flexibility index (Phi) is 5.46. The molecule has 0 radical (unpaired) electrons. The van der Waals surface area contributed by atoms with E-state index in [0.29, 0.717) is 24.1 Å². The second kappa shape index (κ2) is 8.01. The topological polar surface area (TPSA) is 65.2 Å². The number of anilines is 2. The van der Waals surface area contributed by atoms with Crippen LogP contribution in [0.15, 0.2) is 48.5 Å². The molecule has 10 heteroatoms. The molecule has 0 atom stereocenters. The Bertz CT molecular complexity index is 1230. The summed E-state index contributed by atoms with van der Waals surface area (Å²) in [5, 5.41) is 8.83. The molecule has 2 aromatic rings. The predicted octanol–water partition coefficient (Wildman–Crippen LogP) is 5.41. The lowest BCUT2D eigenvalue weighted by molar-refractivity contribution is -0.137. The lowest BCUT2D eigenvalue weighted by Crippen LogP contribution is -2.55. The smallest absolute Gasteiger partial charge is 0.407 e. The number of carboxylic acids is 1. The number of thiocarbonyl (C=S) groups is 1. The summed E-state index contributed by atoms with van der Waals surface area (Å²) in [4.78, 5) is 29.9. The van der Waals surface area contributed by atoms with Gasteiger partial charge in [0.1, 0.15) is 5.54 Å². The van der Waals surface area contributed by atoms with Crippen molar-refractivity contribution in [3.63, 3.8) is 0 Å². The maximum Gasteiger partial charge on any atom is 0.407 e. The van der Waals surface area contributed by atoms with E-state index in [1.165, 1.54) is 12.1 Å². The Balaban J connectivity index is 1.74. The number of carbonyl (C=O) groups is 2. The van der Waals surface area contributed by atoms with Crippen molar-refractivity contribution in [1.29, 1.82) is 0 Å². The fourth-order valence-corrected chi connectivity index (χ4v) is 4.57. The fourth-order valence-electron chi connectivity index (χ4n) is 4.10. The molecule has 1 saturated heterocycles. The molecule has 1 saturated carbocycles. The van der Waals surface area contributed by atoms with Gasteiger partial charge in [-0.2, -0.15) is 13.2 Å². The maximum absolute atomic E-state index is 13.5. The minimum absolute atomic E-state index is 0.0421. The third-order valence-electron chi connectivity index (χ3n) is 5.83. The van der Waals surface area contributed by atoms with Gasteiger partial charge in [0.25, 0.3) is 5.91 Å². The molecule has 0 unspecified atom stereocenters. The molecule has 2 aromatic carbocycles. The first-order valence-corrected chi connectivity index (χ1v) is 10.3. The number of carbonyl (C=O) groups excluding carboxylic acids is 1. The first-order chi connectivity index (χ1) is 15.6. The van der Waals surface area contributed by atoms with Crippen molar-refractivity contribution in [3.05, 3.63) is 71.1 Å². The van der Waals surface area contributed by atoms with Crippen LogP contribution in [0.25, 0.3) is 10.9 Å². The van der Waals surface area contributed by atoms with E-state index >= 15 is 0 Å². The number of alkyl halides is 3. The van der Waals surface area contributed by atoms with E-state index in [9.17, 15) is 22.8 Å². The number of hydrogen-bond donors (Lipinski definition) is 1. The van der Waals surface area contributed by atoms with E-state index in [1.54, 1.807) is 29.2 Å². The van der Waals surface area contributed by atoms with Crippen molar-refractivity contribution < 1.29 is 27.9 Å². The highest BCUT2D eigenvalue weighted by atomic mass is 32.1. The number of aliphatic carboxylic acids is 1. The number of nitrogens with zero attached hydrogens (tertiary/aromatic N) is 3. The summed E-state index contributed by atoms with van der Waals surface area (Å²) in [5.74, 6) is -1.49. The second-order valence-electron chi connectivity index (χ2n) is 7.72. The monoisotopic (exact) mass is 471 g/mol. The molecule has 1 aliphatic heterocycles. The Hall–Kier alpha value is -3.71.